The van der Waals surface area contributed by atoms with E-state index in [1.807, 2.05) is 19.1 Å². The maximum absolute atomic E-state index is 4.16. The zero-order chi connectivity index (χ0) is 7.84. The molecule has 11 heavy (non-hydrogen) atoms. The largest absolute Gasteiger partial charge is 0.173 e. The zero-order valence-corrected chi connectivity index (χ0v) is 8.24. The molecule has 2 rings (SSSR count). The van der Waals surface area contributed by atoms with Gasteiger partial charge in [-0.05, 0) is 34.5 Å². The number of hydrogen-bond donors (Lipinski definition) is 0. The monoisotopic (exact) mass is 228 g/mol. The third kappa shape index (κ3) is 1.06. The number of rotatable bonds is 0. The van der Waals surface area contributed by atoms with Crippen LogP contribution in [0, 0.1) is 6.92 Å². The van der Waals surface area contributed by atoms with Crippen LogP contribution in [-0.2, 0) is 0 Å². The molecule has 2 aromatic rings. The van der Waals surface area contributed by atoms with E-state index in [4.69, 9.17) is 0 Å². The van der Waals surface area contributed by atoms with Gasteiger partial charge in [0.05, 0.1) is 11.7 Å². The van der Waals surface area contributed by atoms with Crippen molar-refractivity contribution in [3.05, 3.63) is 22.2 Å². The molecule has 56 valence electrons. The van der Waals surface area contributed by atoms with Crippen LogP contribution in [0.25, 0.3) is 11.0 Å². The summed E-state index contributed by atoms with van der Waals surface area (Å²) >= 11 is 4.71. The van der Waals surface area contributed by atoms with Crippen LogP contribution in [0.4, 0.5) is 0 Å². The first-order chi connectivity index (χ1) is 5.29. The lowest BCUT2D eigenvalue weighted by molar-refractivity contribution is 1.44. The second-order valence-electron chi connectivity index (χ2n) is 2.33. The van der Waals surface area contributed by atoms with Gasteiger partial charge in [0, 0.05) is 4.47 Å². The second-order valence-corrected chi connectivity index (χ2v) is 3.65. The van der Waals surface area contributed by atoms with Gasteiger partial charge in [-0.1, -0.05) is 6.07 Å². The molecule has 1 heterocycles. The topological polar surface area (TPSA) is 25.8 Å². The van der Waals surface area contributed by atoms with Gasteiger partial charge in [0.25, 0.3) is 0 Å². The molecule has 4 heteroatoms. The molecule has 0 atom stereocenters. The van der Waals surface area contributed by atoms with Crippen LogP contribution in [0.1, 0.15) is 5.56 Å². The zero-order valence-electron chi connectivity index (χ0n) is 5.84. The predicted molar refractivity (Wildman–Crippen MR) is 49.9 cm³/mol. The lowest BCUT2D eigenvalue weighted by Gasteiger charge is -1.94. The Bertz CT molecular complexity index is 396. The second kappa shape index (κ2) is 2.53. The number of nitrogens with zero attached hydrogens (tertiary/aromatic N) is 2. The molecule has 0 aliphatic carbocycles. The van der Waals surface area contributed by atoms with E-state index in [-0.39, 0.29) is 0 Å². The molecule has 0 radical (unpaired) electrons. The number of fused-ring (bicyclic) bond motifs is 1. The first-order valence-corrected chi connectivity index (χ1v) is 4.69. The predicted octanol–water partition coefficient (Wildman–Crippen LogP) is 2.76. The van der Waals surface area contributed by atoms with Crippen molar-refractivity contribution >= 4 is 38.7 Å². The van der Waals surface area contributed by atoms with Crippen molar-refractivity contribution in [3.63, 3.8) is 0 Å². The summed E-state index contributed by atoms with van der Waals surface area (Å²) in [5.41, 5.74) is 3.13. The third-order valence-electron chi connectivity index (χ3n) is 1.56. The standard InChI is InChI=1S/C7H5BrN2S/c1-4-2-3-5-7(6(4)8)10-11-9-5/h2-3H,1H3. The summed E-state index contributed by atoms with van der Waals surface area (Å²) in [6, 6.07) is 4.02. The summed E-state index contributed by atoms with van der Waals surface area (Å²) in [7, 11) is 0. The number of hydrogen-bond acceptors (Lipinski definition) is 3. The van der Waals surface area contributed by atoms with Gasteiger partial charge in [-0.15, -0.1) is 0 Å². The van der Waals surface area contributed by atoms with E-state index in [2.05, 4.69) is 24.7 Å². The van der Waals surface area contributed by atoms with Crippen LogP contribution < -0.4 is 0 Å². The van der Waals surface area contributed by atoms with Crippen molar-refractivity contribution in [1.82, 2.24) is 8.75 Å². The minimum absolute atomic E-state index is 0.965. The highest BCUT2D eigenvalue weighted by Crippen LogP contribution is 2.25. The van der Waals surface area contributed by atoms with Gasteiger partial charge in [-0.2, -0.15) is 8.75 Å². The number of aromatic nitrogens is 2. The lowest BCUT2D eigenvalue weighted by atomic mass is 10.2. The molecule has 0 fully saturated rings. The van der Waals surface area contributed by atoms with Crippen LogP contribution in [0.2, 0.25) is 0 Å². The molecule has 0 saturated heterocycles. The van der Waals surface area contributed by atoms with E-state index in [9.17, 15) is 0 Å². The summed E-state index contributed by atoms with van der Waals surface area (Å²) in [6.45, 7) is 2.04. The van der Waals surface area contributed by atoms with Crippen LogP contribution in [0.3, 0.4) is 0 Å². The van der Waals surface area contributed by atoms with E-state index in [0.29, 0.717) is 0 Å². The van der Waals surface area contributed by atoms with Crippen molar-refractivity contribution in [2.45, 2.75) is 6.92 Å². The van der Waals surface area contributed by atoms with Crippen LogP contribution in [0.15, 0.2) is 16.6 Å². The van der Waals surface area contributed by atoms with E-state index in [0.717, 1.165) is 15.5 Å². The Morgan fingerprint density at radius 2 is 2.18 bits per heavy atom. The quantitative estimate of drug-likeness (QED) is 0.694. The van der Waals surface area contributed by atoms with E-state index >= 15 is 0 Å². The van der Waals surface area contributed by atoms with Crippen molar-refractivity contribution in [1.29, 1.82) is 0 Å². The highest BCUT2D eigenvalue weighted by atomic mass is 79.9. The number of halogens is 1. The molecular weight excluding hydrogens is 224 g/mol. The molecule has 0 aliphatic rings. The maximum atomic E-state index is 4.16. The Balaban J connectivity index is 2.93. The van der Waals surface area contributed by atoms with E-state index in [1.165, 1.54) is 17.3 Å². The van der Waals surface area contributed by atoms with Gasteiger partial charge < -0.3 is 0 Å². The molecule has 1 aromatic heterocycles. The van der Waals surface area contributed by atoms with E-state index < -0.39 is 0 Å². The fourth-order valence-electron chi connectivity index (χ4n) is 0.921. The Morgan fingerprint density at radius 1 is 1.36 bits per heavy atom. The Morgan fingerprint density at radius 3 is 3.00 bits per heavy atom. The highest BCUT2D eigenvalue weighted by molar-refractivity contribution is 9.10. The minimum Gasteiger partial charge on any atom is -0.173 e. The Labute approximate surface area is 76.7 Å². The van der Waals surface area contributed by atoms with Gasteiger partial charge in [-0.25, -0.2) is 0 Å². The van der Waals surface area contributed by atoms with E-state index in [1.54, 1.807) is 0 Å². The van der Waals surface area contributed by atoms with Gasteiger partial charge in [0.15, 0.2) is 0 Å². The molecule has 2 nitrogen and oxygen atoms in total. The summed E-state index contributed by atoms with van der Waals surface area (Å²) in [5, 5.41) is 0. The molecule has 0 saturated carbocycles. The van der Waals surface area contributed by atoms with Gasteiger partial charge in [0.1, 0.15) is 11.0 Å². The average Bonchev–Trinajstić information content (AvgIpc) is 2.45. The SMILES string of the molecule is Cc1ccc2nsnc2c1Br. The lowest BCUT2D eigenvalue weighted by Crippen LogP contribution is -1.76. The Kier molecular flexibility index (Phi) is 1.65. The number of aryl methyl sites for hydroxylation is 1. The number of benzene rings is 1. The average molecular weight is 229 g/mol. The summed E-state index contributed by atoms with van der Waals surface area (Å²) < 4.78 is 9.34. The smallest absolute Gasteiger partial charge is 0.119 e. The fraction of sp³-hybridized carbons (Fsp3) is 0.143. The van der Waals surface area contributed by atoms with Gasteiger partial charge in [0.2, 0.25) is 0 Å². The molecule has 0 aliphatic heterocycles. The molecular formula is C7H5BrN2S. The van der Waals surface area contributed by atoms with Gasteiger partial charge in [-0.3, -0.25) is 0 Å². The molecule has 0 bridgehead atoms. The van der Waals surface area contributed by atoms with Crippen molar-refractivity contribution < 1.29 is 0 Å². The maximum Gasteiger partial charge on any atom is 0.119 e. The van der Waals surface area contributed by atoms with Crippen molar-refractivity contribution in [2.24, 2.45) is 0 Å². The molecule has 0 N–H and O–H groups in total. The summed E-state index contributed by atoms with van der Waals surface area (Å²) in [6.07, 6.45) is 0. The molecule has 0 amide bonds. The third-order valence-corrected chi connectivity index (χ3v) is 3.10. The van der Waals surface area contributed by atoms with Crippen LogP contribution in [0.5, 0.6) is 0 Å². The Hall–Kier alpha value is -0.480. The van der Waals surface area contributed by atoms with Crippen molar-refractivity contribution in [2.75, 3.05) is 0 Å². The molecule has 0 unspecified atom stereocenters. The first kappa shape index (κ1) is 7.18. The van der Waals surface area contributed by atoms with Crippen LogP contribution in [-0.4, -0.2) is 8.75 Å². The fourth-order valence-corrected chi connectivity index (χ4v) is 2.00. The summed E-state index contributed by atoms with van der Waals surface area (Å²) in [4.78, 5) is 0. The first-order valence-electron chi connectivity index (χ1n) is 3.16. The van der Waals surface area contributed by atoms with Crippen molar-refractivity contribution in [3.8, 4) is 0 Å². The minimum atomic E-state index is 0.965. The van der Waals surface area contributed by atoms with Crippen LogP contribution >= 0.6 is 27.7 Å². The molecule has 1 aromatic carbocycles. The highest BCUT2D eigenvalue weighted by Gasteiger charge is 2.03. The van der Waals surface area contributed by atoms with Gasteiger partial charge >= 0.3 is 0 Å². The normalized spacial score (nSPS) is 10.7. The summed E-state index contributed by atoms with van der Waals surface area (Å²) in [5.74, 6) is 0. The molecule has 0 spiro atoms.